The van der Waals surface area contributed by atoms with Gasteiger partial charge in [-0.2, -0.15) is 0 Å². The minimum Gasteiger partial charge on any atom is -0.326 e. The van der Waals surface area contributed by atoms with Crippen molar-refractivity contribution in [3.8, 4) is 0 Å². The highest BCUT2D eigenvalue weighted by Crippen LogP contribution is 2.35. The van der Waals surface area contributed by atoms with Crippen LogP contribution in [0.15, 0.2) is 39.0 Å². The Morgan fingerprint density at radius 2 is 2.00 bits per heavy atom. The predicted octanol–water partition coefficient (Wildman–Crippen LogP) is 3.49. The van der Waals surface area contributed by atoms with Gasteiger partial charge in [0.05, 0.1) is 9.47 Å². The number of para-hydroxylation sites is 1. The average molecular weight is 389 g/mol. The smallest absolute Gasteiger partial charge is 0.266 e. The van der Waals surface area contributed by atoms with E-state index in [-0.39, 0.29) is 4.90 Å². The number of halogens is 1. The van der Waals surface area contributed by atoms with Crippen LogP contribution in [-0.4, -0.2) is 15.0 Å². The van der Waals surface area contributed by atoms with Crippen molar-refractivity contribution < 1.29 is 8.42 Å². The first-order chi connectivity index (χ1) is 9.91. The molecule has 0 aliphatic rings. The molecule has 0 atom stereocenters. The number of rotatable bonds is 5. The second kappa shape index (κ2) is 6.48. The van der Waals surface area contributed by atoms with Crippen molar-refractivity contribution in [2.45, 2.75) is 25.3 Å². The zero-order valence-electron chi connectivity index (χ0n) is 11.8. The first-order valence-electron chi connectivity index (χ1n) is 6.48. The predicted molar refractivity (Wildman–Crippen MR) is 91.3 cm³/mol. The van der Waals surface area contributed by atoms with Gasteiger partial charge in [-0.05, 0) is 47.5 Å². The largest absolute Gasteiger partial charge is 0.326 e. The monoisotopic (exact) mass is 388 g/mol. The lowest BCUT2D eigenvalue weighted by molar-refractivity contribution is 0.591. The maximum Gasteiger partial charge on any atom is 0.266 e. The van der Waals surface area contributed by atoms with E-state index in [9.17, 15) is 8.42 Å². The summed E-state index contributed by atoms with van der Waals surface area (Å²) >= 11 is 4.69. The van der Waals surface area contributed by atoms with E-state index < -0.39 is 10.0 Å². The molecule has 1 aromatic heterocycles. The summed E-state index contributed by atoms with van der Waals surface area (Å²) in [4.78, 5) is 1.11. The lowest BCUT2D eigenvalue weighted by Gasteiger charge is -2.24. The molecule has 1 aromatic carbocycles. The van der Waals surface area contributed by atoms with Crippen LogP contribution < -0.4 is 10.0 Å². The molecule has 0 spiro atoms. The van der Waals surface area contributed by atoms with Crippen LogP contribution in [0, 0.1) is 6.92 Å². The maximum absolute atomic E-state index is 12.9. The van der Waals surface area contributed by atoms with Crippen molar-refractivity contribution in [3.63, 3.8) is 0 Å². The minimum atomic E-state index is -3.61. The van der Waals surface area contributed by atoms with Crippen molar-refractivity contribution in [1.29, 1.82) is 0 Å². The molecule has 114 valence electrons. The lowest BCUT2D eigenvalue weighted by atomic mass is 10.2. The van der Waals surface area contributed by atoms with Gasteiger partial charge in [-0.15, -0.1) is 11.3 Å². The van der Waals surface area contributed by atoms with Gasteiger partial charge in [0.1, 0.15) is 4.90 Å². The molecule has 0 saturated carbocycles. The molecule has 21 heavy (non-hydrogen) atoms. The molecule has 0 aliphatic carbocycles. The standard InChI is InChI=1S/C14H17BrN2O2S2/c1-3-17(12-7-5-4-6-10(12)2)21(18,19)13-8-11(9-16)20-14(13)15/h4-8H,3,9,16H2,1-2H3. The van der Waals surface area contributed by atoms with E-state index in [1.165, 1.54) is 15.6 Å². The third-order valence-electron chi connectivity index (χ3n) is 3.15. The third kappa shape index (κ3) is 3.15. The quantitative estimate of drug-likeness (QED) is 0.852. The van der Waals surface area contributed by atoms with Crippen LogP contribution in [0.2, 0.25) is 0 Å². The maximum atomic E-state index is 12.9. The molecule has 0 unspecified atom stereocenters. The topological polar surface area (TPSA) is 63.4 Å². The van der Waals surface area contributed by atoms with Gasteiger partial charge in [0, 0.05) is 18.0 Å². The normalized spacial score (nSPS) is 11.6. The fourth-order valence-corrected chi connectivity index (χ4v) is 6.16. The molecule has 2 N–H and O–H groups in total. The minimum absolute atomic E-state index is 0.276. The Balaban J connectivity index is 2.55. The summed E-state index contributed by atoms with van der Waals surface area (Å²) in [5.41, 5.74) is 7.23. The Morgan fingerprint density at radius 1 is 1.33 bits per heavy atom. The number of thiophene rings is 1. The van der Waals surface area contributed by atoms with Gasteiger partial charge in [-0.3, -0.25) is 4.31 Å². The van der Waals surface area contributed by atoms with Crippen LogP contribution in [-0.2, 0) is 16.6 Å². The Morgan fingerprint density at radius 3 is 2.52 bits per heavy atom. The summed E-state index contributed by atoms with van der Waals surface area (Å²) in [5, 5.41) is 0. The number of anilines is 1. The molecule has 0 aliphatic heterocycles. The molecule has 0 amide bonds. The summed E-state index contributed by atoms with van der Waals surface area (Å²) in [7, 11) is -3.61. The second-order valence-electron chi connectivity index (χ2n) is 4.51. The SMILES string of the molecule is CCN(c1ccccc1C)S(=O)(=O)c1cc(CN)sc1Br. The number of hydrogen-bond donors (Lipinski definition) is 1. The van der Waals surface area contributed by atoms with E-state index >= 15 is 0 Å². The molecule has 0 fully saturated rings. The Hall–Kier alpha value is -0.890. The number of aryl methyl sites for hydroxylation is 1. The van der Waals surface area contributed by atoms with Crippen LogP contribution in [0.1, 0.15) is 17.4 Å². The number of nitrogens with two attached hydrogens (primary N) is 1. The molecule has 7 heteroatoms. The Kier molecular flexibility index (Phi) is 5.08. The van der Waals surface area contributed by atoms with Crippen LogP contribution in [0.25, 0.3) is 0 Å². The number of sulfonamides is 1. The van der Waals surface area contributed by atoms with Gasteiger partial charge in [-0.1, -0.05) is 18.2 Å². The summed E-state index contributed by atoms with van der Waals surface area (Å²) in [6.07, 6.45) is 0. The Bertz CT molecular complexity index is 741. The van der Waals surface area contributed by atoms with Gasteiger partial charge in [0.15, 0.2) is 0 Å². The molecule has 4 nitrogen and oxygen atoms in total. The van der Waals surface area contributed by atoms with Crippen LogP contribution in [0.4, 0.5) is 5.69 Å². The highest BCUT2D eigenvalue weighted by Gasteiger charge is 2.28. The number of benzene rings is 1. The van der Waals surface area contributed by atoms with Crippen LogP contribution >= 0.6 is 27.3 Å². The van der Waals surface area contributed by atoms with Crippen molar-refractivity contribution in [2.75, 3.05) is 10.8 Å². The van der Waals surface area contributed by atoms with Gasteiger partial charge < -0.3 is 5.73 Å². The van der Waals surface area contributed by atoms with E-state index in [0.29, 0.717) is 22.6 Å². The van der Waals surface area contributed by atoms with Crippen molar-refractivity contribution >= 4 is 43.0 Å². The van der Waals surface area contributed by atoms with Crippen molar-refractivity contribution in [1.82, 2.24) is 0 Å². The van der Waals surface area contributed by atoms with Gasteiger partial charge in [0.2, 0.25) is 0 Å². The second-order valence-corrected chi connectivity index (χ2v) is 8.80. The molecule has 0 radical (unpaired) electrons. The number of nitrogens with zero attached hydrogens (tertiary/aromatic N) is 1. The van der Waals surface area contributed by atoms with E-state index in [1.807, 2.05) is 38.1 Å². The molecule has 1 heterocycles. The highest BCUT2D eigenvalue weighted by atomic mass is 79.9. The highest BCUT2D eigenvalue weighted by molar-refractivity contribution is 9.11. The number of hydrogen-bond acceptors (Lipinski definition) is 4. The summed E-state index contributed by atoms with van der Waals surface area (Å²) in [5.74, 6) is 0. The van der Waals surface area contributed by atoms with Gasteiger partial charge in [-0.25, -0.2) is 8.42 Å². The summed E-state index contributed by atoms with van der Waals surface area (Å²) in [6, 6.07) is 9.10. The zero-order valence-corrected chi connectivity index (χ0v) is 15.1. The fraction of sp³-hybridized carbons (Fsp3) is 0.286. The van der Waals surface area contributed by atoms with E-state index in [2.05, 4.69) is 15.9 Å². The molecule has 2 rings (SSSR count). The first kappa shape index (κ1) is 16.5. The zero-order chi connectivity index (χ0) is 15.6. The molecular weight excluding hydrogens is 372 g/mol. The van der Waals surface area contributed by atoms with Crippen LogP contribution in [0.3, 0.4) is 0 Å². The first-order valence-corrected chi connectivity index (χ1v) is 9.53. The molecule has 2 aromatic rings. The van der Waals surface area contributed by atoms with Crippen LogP contribution in [0.5, 0.6) is 0 Å². The average Bonchev–Trinajstić information content (AvgIpc) is 2.83. The lowest BCUT2D eigenvalue weighted by Crippen LogP contribution is -2.31. The van der Waals surface area contributed by atoms with Crippen molar-refractivity contribution in [3.05, 3.63) is 44.6 Å². The van der Waals surface area contributed by atoms with Crippen molar-refractivity contribution in [2.24, 2.45) is 5.73 Å². The molecule has 0 bridgehead atoms. The van der Waals surface area contributed by atoms with Gasteiger partial charge in [0.25, 0.3) is 10.0 Å². The molecule has 0 saturated heterocycles. The summed E-state index contributed by atoms with van der Waals surface area (Å²) in [6.45, 7) is 4.43. The van der Waals surface area contributed by atoms with E-state index in [0.717, 1.165) is 10.4 Å². The Labute approximate surface area is 137 Å². The van der Waals surface area contributed by atoms with E-state index in [4.69, 9.17) is 5.73 Å². The summed E-state index contributed by atoms with van der Waals surface area (Å²) < 4.78 is 27.9. The molecular formula is C14H17BrN2O2S2. The third-order valence-corrected chi connectivity index (χ3v) is 7.31. The van der Waals surface area contributed by atoms with E-state index in [1.54, 1.807) is 6.07 Å². The fourth-order valence-electron chi connectivity index (χ4n) is 2.11. The van der Waals surface area contributed by atoms with Gasteiger partial charge >= 0.3 is 0 Å².